The van der Waals surface area contributed by atoms with Gasteiger partial charge < -0.3 is 15.4 Å². The molecule has 0 aromatic heterocycles. The number of carbonyl (C=O) groups excluding carboxylic acids is 2. The van der Waals surface area contributed by atoms with Crippen molar-refractivity contribution in [3.8, 4) is 5.75 Å². The van der Waals surface area contributed by atoms with E-state index in [9.17, 15) is 18.0 Å². The van der Waals surface area contributed by atoms with Crippen LogP contribution in [0.3, 0.4) is 0 Å². The van der Waals surface area contributed by atoms with Gasteiger partial charge in [0.15, 0.2) is 0 Å². The molecule has 3 N–H and O–H groups in total. The predicted octanol–water partition coefficient (Wildman–Crippen LogP) is 3.91. The smallest absolute Gasteiger partial charge is 0.263 e. The number of halogens is 1. The zero-order valence-corrected chi connectivity index (χ0v) is 19.2. The third kappa shape index (κ3) is 6.47. The van der Waals surface area contributed by atoms with Crippen LogP contribution in [-0.4, -0.2) is 33.9 Å². The molecule has 8 nitrogen and oxygen atoms in total. The van der Waals surface area contributed by atoms with Gasteiger partial charge in [0.25, 0.3) is 15.9 Å². The van der Waals surface area contributed by atoms with Crippen LogP contribution in [0.25, 0.3) is 0 Å². The molecule has 0 radical (unpaired) electrons. The molecule has 3 rings (SSSR count). The maximum atomic E-state index is 12.9. The topological polar surface area (TPSA) is 114 Å². The first-order chi connectivity index (χ1) is 15.8. The fourth-order valence-corrected chi connectivity index (χ4v) is 4.52. The molecule has 0 saturated carbocycles. The largest absolute Gasteiger partial charge is 0.495 e. The standard InChI is InChI=1S/C23H22ClN3O5S/c1-32-20-10-6-5-9-19(20)27-33(30,31)21-15-17(11-12-18(21)24)26-22(28)13-14-25-23(29)16-7-3-2-4-8-16/h2-12,15,27H,13-14H2,1H3,(H,25,29)(H,26,28). The van der Waals surface area contributed by atoms with E-state index in [0.717, 1.165) is 0 Å². The van der Waals surface area contributed by atoms with Gasteiger partial charge in [0.05, 0.1) is 17.8 Å². The first-order valence-corrected chi connectivity index (χ1v) is 11.7. The van der Waals surface area contributed by atoms with E-state index in [1.807, 2.05) is 0 Å². The van der Waals surface area contributed by atoms with E-state index in [1.54, 1.807) is 54.6 Å². The second-order valence-electron chi connectivity index (χ2n) is 6.87. The number of anilines is 2. The van der Waals surface area contributed by atoms with Crippen LogP contribution in [0.5, 0.6) is 5.75 Å². The van der Waals surface area contributed by atoms with Crippen molar-refractivity contribution in [3.63, 3.8) is 0 Å². The zero-order valence-electron chi connectivity index (χ0n) is 17.7. The molecule has 0 fully saturated rings. The number of carbonyl (C=O) groups is 2. The van der Waals surface area contributed by atoms with Crippen molar-refractivity contribution in [2.75, 3.05) is 23.7 Å². The molecule has 0 aliphatic rings. The Kier molecular flexibility index (Phi) is 7.92. The van der Waals surface area contributed by atoms with E-state index in [4.69, 9.17) is 16.3 Å². The summed E-state index contributed by atoms with van der Waals surface area (Å²) in [5, 5.41) is 5.27. The molecule has 10 heteroatoms. The van der Waals surface area contributed by atoms with Crippen molar-refractivity contribution >= 4 is 44.8 Å². The van der Waals surface area contributed by atoms with Crippen molar-refractivity contribution in [1.82, 2.24) is 5.32 Å². The fourth-order valence-electron chi connectivity index (χ4n) is 2.92. The van der Waals surface area contributed by atoms with Crippen LogP contribution in [0.2, 0.25) is 5.02 Å². The molecule has 0 spiro atoms. The second-order valence-corrected chi connectivity index (χ2v) is 8.93. The summed E-state index contributed by atoms with van der Waals surface area (Å²) >= 11 is 6.12. The summed E-state index contributed by atoms with van der Waals surface area (Å²) in [7, 11) is -2.63. The molecular weight excluding hydrogens is 466 g/mol. The highest BCUT2D eigenvalue weighted by Gasteiger charge is 2.21. The number of nitrogens with one attached hydrogen (secondary N) is 3. The first-order valence-electron chi connectivity index (χ1n) is 9.88. The summed E-state index contributed by atoms with van der Waals surface area (Å²) in [5.74, 6) is -0.336. The molecule has 0 bridgehead atoms. The Labute approximate surface area is 197 Å². The Morgan fingerprint density at radius 2 is 1.67 bits per heavy atom. The first kappa shape index (κ1) is 24.1. The van der Waals surface area contributed by atoms with E-state index in [0.29, 0.717) is 11.3 Å². The molecule has 3 aromatic rings. The zero-order chi connectivity index (χ0) is 23.8. The summed E-state index contributed by atoms with van der Waals surface area (Å²) in [6, 6.07) is 19.3. The molecule has 3 aromatic carbocycles. The van der Waals surface area contributed by atoms with E-state index >= 15 is 0 Å². The Hall–Kier alpha value is -3.56. The van der Waals surface area contributed by atoms with Gasteiger partial charge in [0.1, 0.15) is 10.6 Å². The highest BCUT2D eigenvalue weighted by Crippen LogP contribution is 2.30. The quantitative estimate of drug-likeness (QED) is 0.423. The molecule has 0 unspecified atom stereocenters. The lowest BCUT2D eigenvalue weighted by Gasteiger charge is -2.14. The summed E-state index contributed by atoms with van der Waals surface area (Å²) in [6.45, 7) is 0.119. The highest BCUT2D eigenvalue weighted by atomic mass is 35.5. The number of hydrogen-bond donors (Lipinski definition) is 3. The van der Waals surface area contributed by atoms with Crippen molar-refractivity contribution < 1.29 is 22.7 Å². The van der Waals surface area contributed by atoms with Gasteiger partial charge >= 0.3 is 0 Å². The molecule has 0 saturated heterocycles. The van der Waals surface area contributed by atoms with Gasteiger partial charge in [-0.3, -0.25) is 14.3 Å². The van der Waals surface area contributed by atoms with Gasteiger partial charge in [-0.15, -0.1) is 0 Å². The third-order valence-electron chi connectivity index (χ3n) is 4.53. The second kappa shape index (κ2) is 10.8. The number of sulfonamides is 1. The van der Waals surface area contributed by atoms with Crippen molar-refractivity contribution in [2.45, 2.75) is 11.3 Å². The highest BCUT2D eigenvalue weighted by molar-refractivity contribution is 7.92. The molecule has 2 amide bonds. The van der Waals surface area contributed by atoms with Crippen LogP contribution in [0.1, 0.15) is 16.8 Å². The van der Waals surface area contributed by atoms with E-state index in [-0.39, 0.29) is 40.2 Å². The maximum Gasteiger partial charge on any atom is 0.263 e. The summed E-state index contributed by atoms with van der Waals surface area (Å²) in [5.41, 5.74) is 0.992. The lowest BCUT2D eigenvalue weighted by molar-refractivity contribution is -0.116. The van der Waals surface area contributed by atoms with Gasteiger partial charge in [-0.25, -0.2) is 8.42 Å². The molecule has 0 aliphatic carbocycles. The molecule has 172 valence electrons. The molecule has 0 heterocycles. The summed E-state index contributed by atoms with van der Waals surface area (Å²) in [4.78, 5) is 24.1. The van der Waals surface area contributed by atoms with Gasteiger partial charge in [0.2, 0.25) is 5.91 Å². The van der Waals surface area contributed by atoms with Gasteiger partial charge in [-0.2, -0.15) is 0 Å². The van der Waals surface area contributed by atoms with Gasteiger partial charge in [-0.1, -0.05) is 41.9 Å². The van der Waals surface area contributed by atoms with Gasteiger partial charge in [0, 0.05) is 24.2 Å². The van der Waals surface area contributed by atoms with Crippen LogP contribution in [-0.2, 0) is 14.8 Å². The van der Waals surface area contributed by atoms with E-state index in [1.165, 1.54) is 25.3 Å². The molecule has 33 heavy (non-hydrogen) atoms. The predicted molar refractivity (Wildman–Crippen MR) is 127 cm³/mol. The number of amides is 2. The Morgan fingerprint density at radius 3 is 2.39 bits per heavy atom. The van der Waals surface area contributed by atoms with Crippen LogP contribution < -0.4 is 20.1 Å². The summed E-state index contributed by atoms with van der Waals surface area (Å²) < 4.78 is 33.4. The van der Waals surface area contributed by atoms with Crippen LogP contribution in [0.4, 0.5) is 11.4 Å². The Balaban J connectivity index is 1.64. The van der Waals surface area contributed by atoms with Crippen molar-refractivity contribution in [1.29, 1.82) is 0 Å². The fraction of sp³-hybridized carbons (Fsp3) is 0.130. The van der Waals surface area contributed by atoms with Crippen molar-refractivity contribution in [3.05, 3.63) is 83.4 Å². The number of hydrogen-bond acceptors (Lipinski definition) is 5. The Bertz CT molecular complexity index is 1250. The number of methoxy groups -OCH3 is 1. The summed E-state index contributed by atoms with van der Waals surface area (Å²) in [6.07, 6.45) is 0.00273. The van der Waals surface area contributed by atoms with Crippen molar-refractivity contribution in [2.24, 2.45) is 0 Å². The minimum absolute atomic E-state index is 0.00273. The van der Waals surface area contributed by atoms with E-state index < -0.39 is 15.9 Å². The maximum absolute atomic E-state index is 12.9. The lowest BCUT2D eigenvalue weighted by atomic mass is 10.2. The third-order valence-corrected chi connectivity index (χ3v) is 6.38. The van der Waals surface area contributed by atoms with Crippen LogP contribution >= 0.6 is 11.6 Å². The lowest BCUT2D eigenvalue weighted by Crippen LogP contribution is -2.27. The SMILES string of the molecule is COc1ccccc1NS(=O)(=O)c1cc(NC(=O)CCNC(=O)c2ccccc2)ccc1Cl. The number of ether oxygens (including phenoxy) is 1. The number of para-hydroxylation sites is 2. The van der Waals surface area contributed by atoms with E-state index in [2.05, 4.69) is 15.4 Å². The normalized spacial score (nSPS) is 10.8. The van der Waals surface area contributed by atoms with Crippen LogP contribution in [0.15, 0.2) is 77.7 Å². The molecular formula is C23H22ClN3O5S. The number of rotatable bonds is 9. The molecule has 0 atom stereocenters. The van der Waals surface area contributed by atoms with Gasteiger partial charge in [-0.05, 0) is 42.5 Å². The van der Waals surface area contributed by atoms with Crippen LogP contribution in [0, 0.1) is 0 Å². The minimum atomic E-state index is -4.06. The molecule has 0 aliphatic heterocycles. The Morgan fingerprint density at radius 1 is 0.970 bits per heavy atom. The average Bonchev–Trinajstić information content (AvgIpc) is 2.81. The monoisotopic (exact) mass is 487 g/mol. The minimum Gasteiger partial charge on any atom is -0.495 e. The number of benzene rings is 3. The average molecular weight is 488 g/mol.